The monoisotopic (exact) mass is 380 g/mol. The van der Waals surface area contributed by atoms with Gasteiger partial charge in [-0.05, 0) is 25.0 Å². The Morgan fingerprint density at radius 1 is 1.27 bits per heavy atom. The minimum Gasteiger partial charge on any atom is -0.481 e. The van der Waals surface area contributed by atoms with Crippen molar-refractivity contribution in [2.75, 3.05) is 0 Å². The molecule has 1 amide bonds. The Labute approximate surface area is 154 Å². The maximum atomic E-state index is 14.1. The van der Waals surface area contributed by atoms with Crippen molar-refractivity contribution in [3.8, 4) is 5.69 Å². The molecule has 7 nitrogen and oxygen atoms in total. The zero-order valence-electron chi connectivity index (χ0n) is 13.9. The summed E-state index contributed by atoms with van der Waals surface area (Å²) in [4.78, 5) is 23.9. The molecule has 0 spiro atoms. The van der Waals surface area contributed by atoms with Crippen LogP contribution in [0.5, 0.6) is 0 Å². The van der Waals surface area contributed by atoms with Crippen LogP contribution in [0.25, 0.3) is 5.69 Å². The number of carbonyl (C=O) groups excluding carboxylic acids is 1. The summed E-state index contributed by atoms with van der Waals surface area (Å²) in [6, 6.07) is 3.97. The van der Waals surface area contributed by atoms with Gasteiger partial charge in [-0.15, -0.1) is 5.10 Å². The van der Waals surface area contributed by atoms with Gasteiger partial charge in [0.25, 0.3) is 5.91 Å². The molecule has 1 saturated carbocycles. The molecule has 2 atom stereocenters. The normalized spacial score (nSPS) is 20.4. The van der Waals surface area contributed by atoms with Gasteiger partial charge in [-0.1, -0.05) is 42.1 Å². The molecule has 2 aromatic rings. The minimum absolute atomic E-state index is 0.0160. The fraction of sp³-hybridized carbons (Fsp3) is 0.412. The number of hydrogen-bond donors (Lipinski definition) is 2. The van der Waals surface area contributed by atoms with E-state index in [9.17, 15) is 19.1 Å². The molecule has 26 heavy (non-hydrogen) atoms. The number of halogens is 2. The average molecular weight is 381 g/mol. The fourth-order valence-corrected chi connectivity index (χ4v) is 3.34. The maximum Gasteiger partial charge on any atom is 0.308 e. The van der Waals surface area contributed by atoms with Gasteiger partial charge < -0.3 is 10.4 Å². The first kappa shape index (κ1) is 18.3. The second-order valence-electron chi connectivity index (χ2n) is 6.28. The van der Waals surface area contributed by atoms with Gasteiger partial charge in [0.15, 0.2) is 11.5 Å². The van der Waals surface area contributed by atoms with E-state index in [2.05, 4.69) is 15.6 Å². The van der Waals surface area contributed by atoms with Crippen LogP contribution >= 0.6 is 11.6 Å². The lowest BCUT2D eigenvalue weighted by atomic mass is 9.95. The van der Waals surface area contributed by atoms with Crippen LogP contribution in [0, 0.1) is 11.7 Å². The molecule has 0 aliphatic heterocycles. The van der Waals surface area contributed by atoms with Crippen LogP contribution in [0.3, 0.4) is 0 Å². The van der Waals surface area contributed by atoms with Gasteiger partial charge >= 0.3 is 5.97 Å². The van der Waals surface area contributed by atoms with Crippen LogP contribution in [-0.2, 0) is 4.79 Å². The van der Waals surface area contributed by atoms with Gasteiger partial charge in [-0.3, -0.25) is 9.59 Å². The number of aliphatic carboxylic acids is 1. The predicted octanol–water partition coefficient (Wildman–Crippen LogP) is 2.82. The molecule has 1 fully saturated rings. The van der Waals surface area contributed by atoms with Crippen molar-refractivity contribution in [2.45, 2.75) is 38.1 Å². The highest BCUT2D eigenvalue weighted by Crippen LogP contribution is 2.24. The van der Waals surface area contributed by atoms with Crippen molar-refractivity contribution in [3.05, 3.63) is 40.9 Å². The number of nitrogens with zero attached hydrogens (tertiary/aromatic N) is 3. The number of rotatable bonds is 4. The van der Waals surface area contributed by atoms with Gasteiger partial charge in [0.05, 0.1) is 17.1 Å². The largest absolute Gasteiger partial charge is 0.481 e. The fourth-order valence-electron chi connectivity index (χ4n) is 3.17. The summed E-state index contributed by atoms with van der Waals surface area (Å²) in [5, 5.41) is 19.6. The van der Waals surface area contributed by atoms with E-state index in [4.69, 9.17) is 11.6 Å². The second kappa shape index (κ2) is 7.82. The first-order chi connectivity index (χ1) is 12.5. The summed E-state index contributed by atoms with van der Waals surface area (Å²) >= 11 is 5.75. The molecular formula is C17H18ClFN4O3. The van der Waals surface area contributed by atoms with Crippen LogP contribution in [-0.4, -0.2) is 38.0 Å². The zero-order chi connectivity index (χ0) is 18.7. The maximum absolute atomic E-state index is 14.1. The van der Waals surface area contributed by atoms with Crippen LogP contribution in [0.15, 0.2) is 24.4 Å². The Kier molecular flexibility index (Phi) is 5.51. The minimum atomic E-state index is -0.915. The van der Waals surface area contributed by atoms with E-state index in [1.165, 1.54) is 18.3 Å². The summed E-state index contributed by atoms with van der Waals surface area (Å²) in [6.45, 7) is 0. The second-order valence-corrected chi connectivity index (χ2v) is 6.69. The summed E-state index contributed by atoms with van der Waals surface area (Å²) in [5.74, 6) is -2.73. The molecule has 1 aliphatic carbocycles. The third kappa shape index (κ3) is 3.85. The quantitative estimate of drug-likeness (QED) is 0.795. The molecule has 1 aromatic carbocycles. The number of aromatic nitrogens is 3. The summed E-state index contributed by atoms with van der Waals surface area (Å²) < 4.78 is 15.2. The van der Waals surface area contributed by atoms with Gasteiger partial charge in [0, 0.05) is 6.04 Å². The van der Waals surface area contributed by atoms with E-state index >= 15 is 0 Å². The number of carboxylic acids is 1. The third-order valence-corrected chi connectivity index (χ3v) is 4.85. The van der Waals surface area contributed by atoms with E-state index < -0.39 is 29.7 Å². The molecule has 0 radical (unpaired) electrons. The lowest BCUT2D eigenvalue weighted by molar-refractivity contribution is -0.142. The number of benzene rings is 1. The van der Waals surface area contributed by atoms with Gasteiger partial charge in [-0.25, -0.2) is 9.07 Å². The summed E-state index contributed by atoms with van der Waals surface area (Å²) in [5.41, 5.74) is 0.0553. The molecule has 3 rings (SSSR count). The summed E-state index contributed by atoms with van der Waals surface area (Å²) in [6.07, 6.45) is 5.04. The predicted molar refractivity (Wildman–Crippen MR) is 91.8 cm³/mol. The van der Waals surface area contributed by atoms with Gasteiger partial charge in [0.2, 0.25) is 0 Å². The molecule has 0 saturated heterocycles. The van der Waals surface area contributed by atoms with Crippen LogP contribution in [0.4, 0.5) is 4.39 Å². The zero-order valence-corrected chi connectivity index (χ0v) is 14.6. The van der Waals surface area contributed by atoms with Crippen molar-refractivity contribution in [1.82, 2.24) is 20.3 Å². The Morgan fingerprint density at radius 3 is 2.81 bits per heavy atom. The molecule has 1 aliphatic rings. The first-order valence-electron chi connectivity index (χ1n) is 8.38. The number of carboxylic acid groups (broad SMARTS) is 1. The van der Waals surface area contributed by atoms with Crippen molar-refractivity contribution < 1.29 is 19.1 Å². The van der Waals surface area contributed by atoms with Gasteiger partial charge in [-0.2, -0.15) is 0 Å². The average Bonchev–Trinajstić information content (AvgIpc) is 2.98. The molecule has 9 heteroatoms. The summed E-state index contributed by atoms with van der Waals surface area (Å²) in [7, 11) is 0. The van der Waals surface area contributed by atoms with Crippen molar-refractivity contribution >= 4 is 23.5 Å². The smallest absolute Gasteiger partial charge is 0.308 e. The van der Waals surface area contributed by atoms with Crippen molar-refractivity contribution in [2.24, 2.45) is 5.92 Å². The van der Waals surface area contributed by atoms with Crippen LogP contribution in [0.2, 0.25) is 5.02 Å². The van der Waals surface area contributed by atoms with Crippen molar-refractivity contribution in [1.29, 1.82) is 0 Å². The lowest BCUT2D eigenvalue weighted by Crippen LogP contribution is -2.43. The molecule has 0 bridgehead atoms. The topological polar surface area (TPSA) is 97.1 Å². The van der Waals surface area contributed by atoms with Crippen LogP contribution in [0.1, 0.15) is 42.6 Å². The highest BCUT2D eigenvalue weighted by Gasteiger charge is 2.31. The number of carbonyl (C=O) groups is 2. The number of amides is 1. The molecule has 138 valence electrons. The third-order valence-electron chi connectivity index (χ3n) is 4.55. The Morgan fingerprint density at radius 2 is 2.04 bits per heavy atom. The van der Waals surface area contributed by atoms with E-state index in [0.29, 0.717) is 12.8 Å². The standard InChI is InChI=1S/C17H18ClFN4O3/c18-11-6-4-8-14(15(11)19)23-9-13(21-22-23)16(24)20-12-7-3-1-2-5-10(12)17(25)26/h4,6,8-10,12H,1-3,5,7H2,(H,20,24)(H,25,26)/t10-,12+/m1/s1. The highest BCUT2D eigenvalue weighted by atomic mass is 35.5. The van der Waals surface area contributed by atoms with Gasteiger partial charge in [0.1, 0.15) is 5.69 Å². The lowest BCUT2D eigenvalue weighted by Gasteiger charge is -2.22. The Balaban J connectivity index is 1.77. The highest BCUT2D eigenvalue weighted by molar-refractivity contribution is 6.30. The number of nitrogens with one attached hydrogen (secondary N) is 1. The molecule has 1 aromatic heterocycles. The Bertz CT molecular complexity index is 826. The number of hydrogen-bond acceptors (Lipinski definition) is 4. The Hall–Kier alpha value is -2.48. The van der Waals surface area contributed by atoms with Crippen molar-refractivity contribution in [3.63, 3.8) is 0 Å². The van der Waals surface area contributed by atoms with E-state index in [0.717, 1.165) is 23.9 Å². The van der Waals surface area contributed by atoms with E-state index in [1.807, 2.05) is 0 Å². The van der Waals surface area contributed by atoms with E-state index in [-0.39, 0.29) is 16.4 Å². The molecule has 2 N–H and O–H groups in total. The molecule has 0 unspecified atom stereocenters. The van der Waals surface area contributed by atoms with E-state index in [1.54, 1.807) is 6.07 Å². The first-order valence-corrected chi connectivity index (χ1v) is 8.75. The van der Waals surface area contributed by atoms with Crippen LogP contribution < -0.4 is 5.32 Å². The molecule has 1 heterocycles. The molecular weight excluding hydrogens is 363 g/mol. The SMILES string of the molecule is O=C(N[C@H]1CCCCC[C@H]1C(=O)O)c1cn(-c2cccc(Cl)c2F)nn1.